The minimum absolute atomic E-state index is 0.120. The number of hydrogen-bond acceptors (Lipinski definition) is 4. The van der Waals surface area contributed by atoms with Crippen molar-refractivity contribution in [3.63, 3.8) is 0 Å². The standard InChI is InChI=1S/C16H16FN5O3/c1-20-14-13(15(24)21(2)16(20)25)22(9-19-14)8-12(23)18-7-10-3-5-11(17)6-4-10/h3-6,9H,7-8H2,1-2H3,(H,18,23). The highest BCUT2D eigenvalue weighted by Crippen LogP contribution is 2.06. The van der Waals surface area contributed by atoms with Crippen LogP contribution in [0.25, 0.3) is 11.2 Å². The Morgan fingerprint density at radius 1 is 1.16 bits per heavy atom. The van der Waals surface area contributed by atoms with Gasteiger partial charge in [0.05, 0.1) is 6.33 Å². The van der Waals surface area contributed by atoms with E-state index in [4.69, 9.17) is 0 Å². The number of imidazole rings is 1. The average molecular weight is 345 g/mol. The lowest BCUT2D eigenvalue weighted by Crippen LogP contribution is -2.38. The van der Waals surface area contributed by atoms with Gasteiger partial charge in [-0.25, -0.2) is 14.2 Å². The third kappa shape index (κ3) is 3.08. The number of hydrogen-bond donors (Lipinski definition) is 1. The molecule has 130 valence electrons. The van der Waals surface area contributed by atoms with Gasteiger partial charge in [0.15, 0.2) is 11.2 Å². The van der Waals surface area contributed by atoms with E-state index in [0.29, 0.717) is 0 Å². The summed E-state index contributed by atoms with van der Waals surface area (Å²) in [5, 5.41) is 2.69. The van der Waals surface area contributed by atoms with Gasteiger partial charge in [0.2, 0.25) is 5.91 Å². The van der Waals surface area contributed by atoms with Crippen LogP contribution in [-0.2, 0) is 32.0 Å². The van der Waals surface area contributed by atoms with E-state index < -0.39 is 11.2 Å². The van der Waals surface area contributed by atoms with E-state index in [-0.39, 0.29) is 36.0 Å². The zero-order chi connectivity index (χ0) is 18.1. The molecule has 0 saturated heterocycles. The molecule has 1 aromatic carbocycles. The summed E-state index contributed by atoms with van der Waals surface area (Å²) in [7, 11) is 2.88. The summed E-state index contributed by atoms with van der Waals surface area (Å²) in [6.45, 7) is 0.118. The molecule has 9 heteroatoms. The van der Waals surface area contributed by atoms with Crippen LogP contribution < -0.4 is 16.6 Å². The van der Waals surface area contributed by atoms with Crippen molar-refractivity contribution in [2.24, 2.45) is 14.1 Å². The second-order valence-corrected chi connectivity index (χ2v) is 5.65. The first-order valence-electron chi connectivity index (χ1n) is 7.50. The summed E-state index contributed by atoms with van der Waals surface area (Å²) in [6.07, 6.45) is 1.35. The van der Waals surface area contributed by atoms with Crippen molar-refractivity contribution in [1.29, 1.82) is 0 Å². The van der Waals surface area contributed by atoms with E-state index in [2.05, 4.69) is 10.3 Å². The summed E-state index contributed by atoms with van der Waals surface area (Å²) in [5.41, 5.74) is 0.162. The monoisotopic (exact) mass is 345 g/mol. The maximum Gasteiger partial charge on any atom is 0.332 e. The molecule has 2 heterocycles. The highest BCUT2D eigenvalue weighted by molar-refractivity contribution is 5.78. The number of nitrogens with one attached hydrogen (secondary N) is 1. The second kappa shape index (κ2) is 6.34. The van der Waals surface area contributed by atoms with Gasteiger partial charge in [-0.2, -0.15) is 0 Å². The van der Waals surface area contributed by atoms with Crippen molar-refractivity contribution >= 4 is 17.1 Å². The minimum atomic E-state index is -0.512. The molecule has 8 nitrogen and oxygen atoms in total. The third-order valence-corrected chi connectivity index (χ3v) is 3.93. The average Bonchev–Trinajstić information content (AvgIpc) is 3.01. The summed E-state index contributed by atoms with van der Waals surface area (Å²) in [4.78, 5) is 40.4. The number of halogens is 1. The summed E-state index contributed by atoms with van der Waals surface area (Å²) >= 11 is 0. The van der Waals surface area contributed by atoms with Crippen LogP contribution in [0.15, 0.2) is 40.2 Å². The Kier molecular flexibility index (Phi) is 4.22. The molecular weight excluding hydrogens is 329 g/mol. The van der Waals surface area contributed by atoms with E-state index in [1.807, 2.05) is 0 Å². The normalized spacial score (nSPS) is 11.0. The van der Waals surface area contributed by atoms with E-state index in [1.54, 1.807) is 12.1 Å². The highest BCUT2D eigenvalue weighted by atomic mass is 19.1. The van der Waals surface area contributed by atoms with Crippen LogP contribution in [0.3, 0.4) is 0 Å². The van der Waals surface area contributed by atoms with Gasteiger partial charge in [-0.05, 0) is 17.7 Å². The molecule has 3 aromatic rings. The molecule has 0 bridgehead atoms. The Balaban J connectivity index is 1.81. The Morgan fingerprint density at radius 2 is 1.84 bits per heavy atom. The van der Waals surface area contributed by atoms with E-state index in [9.17, 15) is 18.8 Å². The molecule has 0 saturated carbocycles. The van der Waals surface area contributed by atoms with Crippen LogP contribution in [0.4, 0.5) is 4.39 Å². The SMILES string of the molecule is Cn1c(=O)c2c(ncn2CC(=O)NCc2ccc(F)cc2)n(C)c1=O. The maximum absolute atomic E-state index is 12.9. The van der Waals surface area contributed by atoms with Crippen LogP contribution in [0.1, 0.15) is 5.56 Å². The van der Waals surface area contributed by atoms with Gasteiger partial charge in [0.25, 0.3) is 5.56 Å². The van der Waals surface area contributed by atoms with Crippen LogP contribution in [-0.4, -0.2) is 24.6 Å². The van der Waals surface area contributed by atoms with Crippen LogP contribution in [0.5, 0.6) is 0 Å². The first kappa shape index (κ1) is 16.6. The molecule has 0 atom stereocenters. The molecule has 2 aromatic heterocycles. The fraction of sp³-hybridized carbons (Fsp3) is 0.250. The van der Waals surface area contributed by atoms with Gasteiger partial charge < -0.3 is 9.88 Å². The number of amides is 1. The molecule has 0 unspecified atom stereocenters. The number of aromatic nitrogens is 4. The summed E-state index contributed by atoms with van der Waals surface area (Å²) in [6, 6.07) is 5.78. The molecular formula is C16H16FN5O3. The minimum Gasteiger partial charge on any atom is -0.350 e. The Morgan fingerprint density at radius 3 is 2.52 bits per heavy atom. The number of benzene rings is 1. The molecule has 3 rings (SSSR count). The molecule has 0 spiro atoms. The molecule has 0 aliphatic heterocycles. The van der Waals surface area contributed by atoms with Crippen molar-refractivity contribution in [1.82, 2.24) is 24.0 Å². The van der Waals surface area contributed by atoms with Gasteiger partial charge in [-0.15, -0.1) is 0 Å². The number of nitrogens with zero attached hydrogens (tertiary/aromatic N) is 4. The zero-order valence-electron chi connectivity index (χ0n) is 13.7. The predicted molar refractivity (Wildman–Crippen MR) is 88.5 cm³/mol. The van der Waals surface area contributed by atoms with Crippen molar-refractivity contribution in [2.75, 3.05) is 0 Å². The van der Waals surface area contributed by atoms with Crippen molar-refractivity contribution in [3.05, 3.63) is 62.8 Å². The van der Waals surface area contributed by atoms with Gasteiger partial charge in [-0.1, -0.05) is 12.1 Å². The van der Waals surface area contributed by atoms with Gasteiger partial charge in [0.1, 0.15) is 12.4 Å². The number of rotatable bonds is 4. The molecule has 25 heavy (non-hydrogen) atoms. The molecule has 0 aliphatic carbocycles. The fourth-order valence-electron chi connectivity index (χ4n) is 2.53. The lowest BCUT2D eigenvalue weighted by Gasteiger charge is -2.08. The number of aryl methyl sites for hydroxylation is 1. The van der Waals surface area contributed by atoms with Gasteiger partial charge in [-0.3, -0.25) is 18.7 Å². The molecule has 0 fully saturated rings. The molecule has 0 radical (unpaired) electrons. The summed E-state index contributed by atoms with van der Waals surface area (Å²) < 4.78 is 16.5. The zero-order valence-corrected chi connectivity index (χ0v) is 13.7. The van der Waals surface area contributed by atoms with Crippen molar-refractivity contribution in [3.8, 4) is 0 Å². The first-order chi connectivity index (χ1) is 11.9. The molecule has 0 aliphatic rings. The maximum atomic E-state index is 12.9. The molecule has 1 amide bonds. The van der Waals surface area contributed by atoms with Crippen LogP contribution >= 0.6 is 0 Å². The third-order valence-electron chi connectivity index (χ3n) is 3.93. The smallest absolute Gasteiger partial charge is 0.332 e. The fourth-order valence-corrected chi connectivity index (χ4v) is 2.53. The highest BCUT2D eigenvalue weighted by Gasteiger charge is 2.15. The van der Waals surface area contributed by atoms with Crippen LogP contribution in [0.2, 0.25) is 0 Å². The second-order valence-electron chi connectivity index (χ2n) is 5.65. The van der Waals surface area contributed by atoms with E-state index in [0.717, 1.165) is 10.1 Å². The lowest BCUT2D eigenvalue weighted by atomic mass is 10.2. The quantitative estimate of drug-likeness (QED) is 0.714. The topological polar surface area (TPSA) is 90.9 Å². The number of fused-ring (bicyclic) bond motifs is 1. The predicted octanol–water partition coefficient (Wildman–Crippen LogP) is -0.111. The Bertz CT molecular complexity index is 1060. The van der Waals surface area contributed by atoms with Gasteiger partial charge in [0, 0.05) is 20.6 Å². The van der Waals surface area contributed by atoms with E-state index in [1.165, 1.54) is 41.7 Å². The van der Waals surface area contributed by atoms with Gasteiger partial charge >= 0.3 is 5.69 Å². The van der Waals surface area contributed by atoms with Crippen molar-refractivity contribution < 1.29 is 9.18 Å². The molecule has 1 N–H and O–H groups in total. The first-order valence-corrected chi connectivity index (χ1v) is 7.50. The largest absolute Gasteiger partial charge is 0.350 e. The van der Waals surface area contributed by atoms with Crippen LogP contribution in [0, 0.1) is 5.82 Å². The van der Waals surface area contributed by atoms with E-state index >= 15 is 0 Å². The Labute approximate surface area is 141 Å². The van der Waals surface area contributed by atoms with Crippen molar-refractivity contribution in [2.45, 2.75) is 13.1 Å². The number of carbonyl (C=O) groups is 1. The Hall–Kier alpha value is -3.23. The number of carbonyl (C=O) groups excluding carboxylic acids is 1. The summed E-state index contributed by atoms with van der Waals surface area (Å²) in [5.74, 6) is -0.680. The lowest BCUT2D eigenvalue weighted by molar-refractivity contribution is -0.121.